The van der Waals surface area contributed by atoms with Crippen molar-refractivity contribution in [2.45, 2.75) is 38.8 Å². The second-order valence-corrected chi connectivity index (χ2v) is 7.10. The Morgan fingerprint density at radius 1 is 1.12 bits per heavy atom. The van der Waals surface area contributed by atoms with Gasteiger partial charge in [-0.1, -0.05) is 74.5 Å². The molecule has 2 aromatic carbocycles. The predicted molar refractivity (Wildman–Crippen MR) is 99.1 cm³/mol. The maximum Gasteiger partial charge on any atom is 0.306 e. The van der Waals surface area contributed by atoms with Crippen molar-refractivity contribution < 1.29 is 14.4 Å². The summed E-state index contributed by atoms with van der Waals surface area (Å²) in [4.78, 5) is 13.7. The van der Waals surface area contributed by atoms with Gasteiger partial charge in [0.05, 0.1) is 13.1 Å². The van der Waals surface area contributed by atoms with E-state index in [0.29, 0.717) is 6.42 Å². The molecule has 1 fully saturated rings. The number of rotatable bonds is 5. The van der Waals surface area contributed by atoms with Crippen LogP contribution >= 0.6 is 0 Å². The maximum absolute atomic E-state index is 12.1. The van der Waals surface area contributed by atoms with Gasteiger partial charge in [-0.25, -0.2) is 0 Å². The lowest BCUT2D eigenvalue weighted by molar-refractivity contribution is -0.925. The summed E-state index contributed by atoms with van der Waals surface area (Å²) in [5.74, 6) is 0.167. The first kappa shape index (κ1) is 17.7. The van der Waals surface area contributed by atoms with Crippen molar-refractivity contribution in [3.8, 4) is 0 Å². The van der Waals surface area contributed by atoms with Crippen LogP contribution in [0.1, 0.15) is 37.8 Å². The quantitative estimate of drug-likeness (QED) is 0.850. The van der Waals surface area contributed by atoms with E-state index in [1.165, 1.54) is 5.56 Å². The maximum atomic E-state index is 12.1. The molecule has 3 nitrogen and oxygen atoms in total. The number of likely N-dealkylation sites (tertiary alicyclic amines) is 1. The van der Waals surface area contributed by atoms with Gasteiger partial charge in [0.1, 0.15) is 6.54 Å². The molecule has 0 saturated carbocycles. The summed E-state index contributed by atoms with van der Waals surface area (Å²) in [6, 6.07) is 20.9. The van der Waals surface area contributed by atoms with Crippen LogP contribution in [0.3, 0.4) is 0 Å². The molecule has 0 amide bonds. The Balaban J connectivity index is 1.80. The molecule has 1 heterocycles. The summed E-state index contributed by atoms with van der Waals surface area (Å²) in [7, 11) is 0. The van der Waals surface area contributed by atoms with Gasteiger partial charge in [0.2, 0.25) is 0 Å². The lowest BCUT2D eigenvalue weighted by Gasteiger charge is -2.44. The average molecular weight is 338 g/mol. The van der Waals surface area contributed by atoms with Crippen LogP contribution < -0.4 is 4.90 Å². The summed E-state index contributed by atoms with van der Waals surface area (Å²) in [6.45, 7) is 7.12. The fraction of sp³-hybridized carbons (Fsp3) is 0.409. The topological polar surface area (TPSA) is 30.7 Å². The molecule has 25 heavy (non-hydrogen) atoms. The van der Waals surface area contributed by atoms with Gasteiger partial charge >= 0.3 is 5.97 Å². The van der Waals surface area contributed by atoms with E-state index in [0.717, 1.165) is 31.6 Å². The van der Waals surface area contributed by atoms with E-state index in [2.05, 4.69) is 49.4 Å². The molecule has 1 aliphatic heterocycles. The van der Waals surface area contributed by atoms with Gasteiger partial charge in [0, 0.05) is 24.3 Å². The van der Waals surface area contributed by atoms with Crippen LogP contribution in [-0.4, -0.2) is 19.1 Å². The highest BCUT2D eigenvalue weighted by Gasteiger charge is 2.47. The molecule has 132 valence electrons. The summed E-state index contributed by atoms with van der Waals surface area (Å²) in [5.41, 5.74) is 2.00. The minimum Gasteiger partial charge on any atom is -0.453 e. The van der Waals surface area contributed by atoms with E-state index in [1.807, 2.05) is 25.1 Å². The molecule has 3 rings (SSSR count). The van der Waals surface area contributed by atoms with Crippen LogP contribution in [0.15, 0.2) is 60.7 Å². The molecule has 1 N–H and O–H groups in total. The third kappa shape index (κ3) is 3.93. The molecular formula is C22H28NO2+. The first-order chi connectivity index (χ1) is 12.1. The monoisotopic (exact) mass is 338 g/mol. The molecule has 2 aromatic rings. The third-order valence-corrected chi connectivity index (χ3v) is 5.38. The number of nitrogens with one attached hydrogen (secondary N) is 1. The van der Waals surface area contributed by atoms with Gasteiger partial charge in [0.15, 0.2) is 5.60 Å². The van der Waals surface area contributed by atoms with Crippen LogP contribution in [0.25, 0.3) is 0 Å². The van der Waals surface area contributed by atoms with Crippen molar-refractivity contribution >= 4 is 5.97 Å². The zero-order chi connectivity index (χ0) is 17.7. The molecule has 3 heteroatoms. The van der Waals surface area contributed by atoms with Gasteiger partial charge < -0.3 is 9.64 Å². The molecule has 0 aromatic heterocycles. The molecule has 3 atom stereocenters. The Morgan fingerprint density at radius 3 is 2.36 bits per heavy atom. The second kappa shape index (κ2) is 7.83. The zero-order valence-electron chi connectivity index (χ0n) is 15.2. The predicted octanol–water partition coefficient (Wildman–Crippen LogP) is 2.96. The summed E-state index contributed by atoms with van der Waals surface area (Å²) < 4.78 is 6.07. The van der Waals surface area contributed by atoms with E-state index in [9.17, 15) is 4.79 Å². The number of benzene rings is 2. The second-order valence-electron chi connectivity index (χ2n) is 7.10. The first-order valence-electron chi connectivity index (χ1n) is 9.29. The average Bonchev–Trinajstić information content (AvgIpc) is 2.65. The molecule has 0 aliphatic carbocycles. The number of hydrogen-bond acceptors (Lipinski definition) is 2. The van der Waals surface area contributed by atoms with Crippen LogP contribution in [0.4, 0.5) is 0 Å². The minimum absolute atomic E-state index is 0.109. The summed E-state index contributed by atoms with van der Waals surface area (Å²) in [5, 5.41) is 0. The number of quaternary nitrogens is 1. The number of piperidine rings is 1. The highest BCUT2D eigenvalue weighted by atomic mass is 16.6. The largest absolute Gasteiger partial charge is 0.453 e. The van der Waals surface area contributed by atoms with E-state index < -0.39 is 5.60 Å². The van der Waals surface area contributed by atoms with Crippen molar-refractivity contribution in [3.05, 3.63) is 71.8 Å². The van der Waals surface area contributed by atoms with Crippen molar-refractivity contribution in [2.24, 2.45) is 5.92 Å². The van der Waals surface area contributed by atoms with Crippen molar-refractivity contribution in [1.29, 1.82) is 0 Å². The van der Waals surface area contributed by atoms with Crippen LogP contribution in [0.5, 0.6) is 0 Å². The normalized spacial score (nSPS) is 26.2. The fourth-order valence-corrected chi connectivity index (χ4v) is 3.99. The van der Waals surface area contributed by atoms with Crippen LogP contribution in [0, 0.1) is 5.92 Å². The van der Waals surface area contributed by atoms with Gasteiger partial charge in [-0.3, -0.25) is 4.79 Å². The minimum atomic E-state index is -0.492. The Labute approximate surface area is 150 Å². The molecule has 0 spiro atoms. The highest BCUT2D eigenvalue weighted by Crippen LogP contribution is 2.38. The molecule has 1 saturated heterocycles. The summed E-state index contributed by atoms with van der Waals surface area (Å²) in [6.07, 6.45) is 1.29. The Morgan fingerprint density at radius 2 is 1.76 bits per heavy atom. The van der Waals surface area contributed by atoms with E-state index in [4.69, 9.17) is 4.74 Å². The third-order valence-electron chi connectivity index (χ3n) is 5.38. The van der Waals surface area contributed by atoms with Crippen molar-refractivity contribution in [1.82, 2.24) is 0 Å². The van der Waals surface area contributed by atoms with Crippen LogP contribution in [-0.2, 0) is 21.7 Å². The number of ether oxygens (including phenoxy) is 1. The number of carbonyl (C=O) groups excluding carboxylic acids is 1. The van der Waals surface area contributed by atoms with Crippen molar-refractivity contribution in [3.63, 3.8) is 0 Å². The molecule has 1 unspecified atom stereocenters. The Bertz CT molecular complexity index is 686. The van der Waals surface area contributed by atoms with Crippen molar-refractivity contribution in [2.75, 3.05) is 13.1 Å². The van der Waals surface area contributed by atoms with Gasteiger partial charge in [0.25, 0.3) is 0 Å². The Hall–Kier alpha value is -2.13. The van der Waals surface area contributed by atoms with Crippen LogP contribution in [0.2, 0.25) is 0 Å². The summed E-state index contributed by atoms with van der Waals surface area (Å²) >= 11 is 0. The molecule has 1 aliphatic rings. The van der Waals surface area contributed by atoms with Gasteiger partial charge in [-0.05, 0) is 5.56 Å². The Kier molecular flexibility index (Phi) is 5.54. The van der Waals surface area contributed by atoms with Gasteiger partial charge in [-0.2, -0.15) is 0 Å². The molecule has 0 bridgehead atoms. The standard InChI is InChI=1S/C22H27NO2/c1-3-21(24)25-22(20-12-8-5-9-13-20)14-15-23(16-18(22)2)17-19-10-6-4-7-11-19/h4-13,18H,3,14-17H2,1-2H3/p+1/t18-,22+/m0/s1. The van der Waals surface area contributed by atoms with E-state index in [1.54, 1.807) is 4.90 Å². The molecule has 0 radical (unpaired) electrons. The van der Waals surface area contributed by atoms with E-state index >= 15 is 0 Å². The number of carbonyl (C=O) groups is 1. The van der Waals surface area contributed by atoms with Gasteiger partial charge in [-0.15, -0.1) is 0 Å². The first-order valence-corrected chi connectivity index (χ1v) is 9.29. The number of esters is 1. The zero-order valence-corrected chi connectivity index (χ0v) is 15.2. The fourth-order valence-electron chi connectivity index (χ4n) is 3.99. The number of hydrogen-bond donors (Lipinski definition) is 1. The lowest BCUT2D eigenvalue weighted by atomic mass is 9.76. The smallest absolute Gasteiger partial charge is 0.306 e. The van der Waals surface area contributed by atoms with E-state index in [-0.39, 0.29) is 11.9 Å². The SMILES string of the molecule is CCC(=O)O[C@]1(c2ccccc2)CC[NH+](Cc2ccccc2)C[C@@H]1C. The lowest BCUT2D eigenvalue weighted by Crippen LogP contribution is -3.13. The highest BCUT2D eigenvalue weighted by molar-refractivity contribution is 5.69. The molecular weight excluding hydrogens is 310 g/mol.